The first-order valence-electron chi connectivity index (χ1n) is 6.86. The molecule has 1 atom stereocenters. The molecule has 5 heteroatoms. The largest absolute Gasteiger partial charge is 0.370 e. The lowest BCUT2D eigenvalue weighted by Gasteiger charge is -2.16. The zero-order valence-corrected chi connectivity index (χ0v) is 11.7. The molecule has 1 rings (SSSR count). The molecular weight excluding hydrogens is 228 g/mol. The quantitative estimate of drug-likeness (QED) is 0.506. The van der Waals surface area contributed by atoms with Gasteiger partial charge in [0.1, 0.15) is 6.04 Å². The monoisotopic (exact) mass is 254 g/mol. The van der Waals surface area contributed by atoms with E-state index in [2.05, 4.69) is 29.5 Å². The fourth-order valence-electron chi connectivity index (χ4n) is 2.01. The Morgan fingerprint density at radius 1 is 1.33 bits per heavy atom. The third-order valence-corrected chi connectivity index (χ3v) is 3.09. The van der Waals surface area contributed by atoms with Crippen molar-refractivity contribution in [2.24, 2.45) is 16.6 Å². The smallest absolute Gasteiger partial charge is 0.242 e. The molecule has 1 amide bonds. The van der Waals surface area contributed by atoms with Gasteiger partial charge in [0, 0.05) is 6.54 Å². The van der Waals surface area contributed by atoms with Crippen LogP contribution in [0.2, 0.25) is 0 Å². The minimum Gasteiger partial charge on any atom is -0.370 e. The van der Waals surface area contributed by atoms with Crippen molar-refractivity contribution in [1.29, 1.82) is 0 Å². The molecule has 0 bridgehead atoms. The van der Waals surface area contributed by atoms with E-state index in [-0.39, 0.29) is 11.9 Å². The molecule has 0 heterocycles. The zero-order chi connectivity index (χ0) is 13.5. The number of aliphatic imine (C=N–C) groups is 1. The standard InChI is InChI=1S/C13H26N4O/c1-9(2)8-15-12(18)10(3)16-13(14)17-11-6-4-5-7-11/h9-11H,4-8H2,1-3H3,(H,15,18)(H3,14,16,17). The minimum atomic E-state index is -0.339. The van der Waals surface area contributed by atoms with Crippen LogP contribution in [0.5, 0.6) is 0 Å². The normalized spacial score (nSPS) is 19.0. The van der Waals surface area contributed by atoms with Crippen LogP contribution in [0, 0.1) is 5.92 Å². The summed E-state index contributed by atoms with van der Waals surface area (Å²) in [5, 5.41) is 5.81. The number of nitrogens with one attached hydrogen (secondary N) is 2. The molecule has 1 aliphatic rings. The lowest BCUT2D eigenvalue weighted by Crippen LogP contribution is -2.48. The van der Waals surface area contributed by atoms with Crippen molar-refractivity contribution >= 4 is 11.9 Å². The molecule has 4 N–H and O–H groups in total. The Labute approximate surface area is 110 Å². The van der Waals surface area contributed by atoms with Gasteiger partial charge in [-0.15, -0.1) is 0 Å². The van der Waals surface area contributed by atoms with Gasteiger partial charge in [0.15, 0.2) is 5.96 Å². The van der Waals surface area contributed by atoms with Gasteiger partial charge in [-0.1, -0.05) is 26.7 Å². The summed E-state index contributed by atoms with van der Waals surface area (Å²) in [6, 6.07) is -0.00247. The van der Waals surface area contributed by atoms with Crippen molar-refractivity contribution in [3.8, 4) is 0 Å². The van der Waals surface area contributed by atoms with E-state index in [1.165, 1.54) is 12.8 Å². The van der Waals surface area contributed by atoms with Gasteiger partial charge in [0.25, 0.3) is 0 Å². The predicted molar refractivity (Wildman–Crippen MR) is 74.3 cm³/mol. The Hall–Kier alpha value is -1.26. The van der Waals surface area contributed by atoms with Gasteiger partial charge in [0.05, 0.1) is 6.04 Å². The first-order valence-corrected chi connectivity index (χ1v) is 6.86. The molecule has 0 radical (unpaired) electrons. The summed E-state index contributed by atoms with van der Waals surface area (Å²) in [6.45, 7) is 6.61. The molecule has 1 fully saturated rings. The van der Waals surface area contributed by atoms with Crippen molar-refractivity contribution in [2.45, 2.75) is 58.5 Å². The highest BCUT2D eigenvalue weighted by Crippen LogP contribution is 2.20. The Bertz CT molecular complexity index is 295. The fraction of sp³-hybridized carbons (Fsp3) is 0.846. The van der Waals surface area contributed by atoms with Gasteiger partial charge < -0.3 is 16.4 Å². The maximum Gasteiger partial charge on any atom is 0.242 e. The van der Waals surface area contributed by atoms with Gasteiger partial charge in [-0.3, -0.25) is 9.79 Å². The van der Waals surface area contributed by atoms with E-state index in [1.54, 1.807) is 6.92 Å². The summed E-state index contributed by atoms with van der Waals surface area (Å²) >= 11 is 0. The third kappa shape index (κ3) is 5.38. The van der Waals surface area contributed by atoms with Crippen LogP contribution in [-0.4, -0.2) is 30.5 Å². The zero-order valence-electron chi connectivity index (χ0n) is 11.7. The van der Waals surface area contributed by atoms with Crippen LogP contribution < -0.4 is 16.4 Å². The topological polar surface area (TPSA) is 79.5 Å². The molecule has 0 aromatic rings. The third-order valence-electron chi connectivity index (χ3n) is 3.09. The van der Waals surface area contributed by atoms with E-state index in [1.807, 2.05) is 0 Å². The molecule has 0 aliphatic heterocycles. The summed E-state index contributed by atoms with van der Waals surface area (Å²) in [4.78, 5) is 16.1. The maximum absolute atomic E-state index is 11.7. The van der Waals surface area contributed by atoms with E-state index < -0.39 is 0 Å². The Morgan fingerprint density at radius 2 is 1.94 bits per heavy atom. The second kappa shape index (κ2) is 7.24. The highest BCUT2D eigenvalue weighted by Gasteiger charge is 2.16. The summed E-state index contributed by atoms with van der Waals surface area (Å²) in [6.07, 6.45) is 4.67. The van der Waals surface area contributed by atoms with Crippen molar-refractivity contribution in [2.75, 3.05) is 6.54 Å². The molecule has 0 aromatic heterocycles. The molecule has 1 aliphatic carbocycles. The van der Waals surface area contributed by atoms with E-state index >= 15 is 0 Å². The molecule has 104 valence electrons. The van der Waals surface area contributed by atoms with Crippen molar-refractivity contribution in [3.63, 3.8) is 0 Å². The first-order chi connectivity index (χ1) is 8.49. The molecule has 18 heavy (non-hydrogen) atoms. The van der Waals surface area contributed by atoms with Gasteiger partial charge in [-0.2, -0.15) is 0 Å². The number of guanidine groups is 1. The fourth-order valence-corrected chi connectivity index (χ4v) is 2.01. The number of carbonyl (C=O) groups excluding carboxylic acids is 1. The summed E-state index contributed by atoms with van der Waals surface area (Å²) in [7, 11) is 0. The lowest BCUT2D eigenvalue weighted by atomic mass is 10.2. The van der Waals surface area contributed by atoms with Gasteiger partial charge in [-0.05, 0) is 25.7 Å². The molecule has 5 nitrogen and oxygen atoms in total. The van der Waals surface area contributed by atoms with E-state index in [0.29, 0.717) is 24.5 Å². The van der Waals surface area contributed by atoms with Crippen LogP contribution in [0.4, 0.5) is 0 Å². The maximum atomic E-state index is 11.7. The molecule has 1 unspecified atom stereocenters. The minimum absolute atomic E-state index is 0.0340. The average molecular weight is 254 g/mol. The number of amides is 1. The summed E-state index contributed by atoms with van der Waals surface area (Å²) < 4.78 is 0. The average Bonchev–Trinajstić information content (AvgIpc) is 2.78. The van der Waals surface area contributed by atoms with E-state index in [4.69, 9.17) is 5.73 Å². The van der Waals surface area contributed by atoms with Crippen LogP contribution in [0.1, 0.15) is 46.5 Å². The Balaban J connectivity index is 2.33. The van der Waals surface area contributed by atoms with Crippen LogP contribution in [0.3, 0.4) is 0 Å². The van der Waals surface area contributed by atoms with Gasteiger partial charge >= 0.3 is 0 Å². The number of carbonyl (C=O) groups is 1. The van der Waals surface area contributed by atoms with E-state index in [9.17, 15) is 4.79 Å². The summed E-state index contributed by atoms with van der Waals surface area (Å²) in [5.74, 6) is 0.799. The number of hydrogen-bond acceptors (Lipinski definition) is 2. The van der Waals surface area contributed by atoms with Crippen LogP contribution in [-0.2, 0) is 4.79 Å². The second-order valence-corrected chi connectivity index (χ2v) is 5.46. The Kier molecular flexibility index (Phi) is 5.95. The first kappa shape index (κ1) is 14.8. The highest BCUT2D eigenvalue weighted by molar-refractivity contribution is 5.87. The van der Waals surface area contributed by atoms with Crippen molar-refractivity contribution in [3.05, 3.63) is 0 Å². The number of nitrogens with two attached hydrogens (primary N) is 1. The van der Waals surface area contributed by atoms with Crippen molar-refractivity contribution < 1.29 is 4.79 Å². The predicted octanol–water partition coefficient (Wildman–Crippen LogP) is 0.994. The number of hydrogen-bond donors (Lipinski definition) is 3. The molecule has 0 spiro atoms. The van der Waals surface area contributed by atoms with Crippen LogP contribution >= 0.6 is 0 Å². The second-order valence-electron chi connectivity index (χ2n) is 5.46. The van der Waals surface area contributed by atoms with Crippen molar-refractivity contribution in [1.82, 2.24) is 10.6 Å². The molecule has 0 saturated heterocycles. The highest BCUT2D eigenvalue weighted by atomic mass is 16.2. The van der Waals surface area contributed by atoms with Gasteiger partial charge in [-0.25, -0.2) is 0 Å². The number of nitrogens with zero attached hydrogens (tertiary/aromatic N) is 1. The SMILES string of the molecule is CC(C)CNC(=O)C(C)NC(N)=NC1CCCC1. The number of rotatable bonds is 5. The summed E-state index contributed by atoms with van der Waals surface area (Å²) in [5.41, 5.74) is 5.81. The molecule has 0 aromatic carbocycles. The van der Waals surface area contributed by atoms with E-state index in [0.717, 1.165) is 12.8 Å². The van der Waals surface area contributed by atoms with Crippen LogP contribution in [0.25, 0.3) is 0 Å². The molecule has 1 saturated carbocycles. The molecular formula is C13H26N4O. The van der Waals surface area contributed by atoms with Crippen LogP contribution in [0.15, 0.2) is 4.99 Å². The van der Waals surface area contributed by atoms with Gasteiger partial charge in [0.2, 0.25) is 5.91 Å². The Morgan fingerprint density at radius 3 is 2.50 bits per heavy atom. The lowest BCUT2D eigenvalue weighted by molar-refractivity contribution is -0.122.